The summed E-state index contributed by atoms with van der Waals surface area (Å²) in [6, 6.07) is 0. The Bertz CT molecular complexity index is 179. The van der Waals surface area contributed by atoms with E-state index in [1.54, 1.807) is 0 Å². The summed E-state index contributed by atoms with van der Waals surface area (Å²) >= 11 is 0. The monoisotopic (exact) mass is 183 g/mol. The Hall–Kier alpha value is -0.530. The van der Waals surface area contributed by atoms with E-state index in [1.807, 2.05) is 4.90 Å². The summed E-state index contributed by atoms with van der Waals surface area (Å²) in [5.41, 5.74) is -0.0357. The van der Waals surface area contributed by atoms with Gasteiger partial charge < -0.3 is 4.90 Å². The maximum atomic E-state index is 12.1. The van der Waals surface area contributed by atoms with Gasteiger partial charge in [-0.05, 0) is 26.7 Å². The largest absolute Gasteiger partial charge is 0.343 e. The number of rotatable bonds is 3. The molecule has 0 radical (unpaired) electrons. The van der Waals surface area contributed by atoms with Crippen molar-refractivity contribution in [3.05, 3.63) is 0 Å². The molecular weight excluding hydrogens is 162 g/mol. The van der Waals surface area contributed by atoms with Gasteiger partial charge >= 0.3 is 0 Å². The zero-order chi connectivity index (χ0) is 9.90. The molecule has 0 heterocycles. The van der Waals surface area contributed by atoms with Crippen LogP contribution in [0.4, 0.5) is 0 Å². The summed E-state index contributed by atoms with van der Waals surface area (Å²) < 4.78 is 0. The predicted octanol–water partition coefficient (Wildman–Crippen LogP) is 2.44. The van der Waals surface area contributed by atoms with Crippen molar-refractivity contribution in [2.24, 2.45) is 5.41 Å². The fraction of sp³-hybridized carbons (Fsp3) is 0.909. The lowest BCUT2D eigenvalue weighted by atomic mass is 9.87. The molecule has 1 aliphatic rings. The molecule has 0 atom stereocenters. The molecule has 1 amide bonds. The number of carbonyl (C=O) groups excluding carboxylic acids is 1. The van der Waals surface area contributed by atoms with Gasteiger partial charge in [-0.2, -0.15) is 0 Å². The zero-order valence-electron chi connectivity index (χ0n) is 9.10. The molecule has 0 aromatic heterocycles. The summed E-state index contributed by atoms with van der Waals surface area (Å²) in [6.45, 7) is 7.94. The summed E-state index contributed by atoms with van der Waals surface area (Å²) in [5, 5.41) is 0. The van der Waals surface area contributed by atoms with Gasteiger partial charge in [0.15, 0.2) is 0 Å². The van der Waals surface area contributed by atoms with E-state index in [0.29, 0.717) is 5.91 Å². The number of hydrogen-bond acceptors (Lipinski definition) is 1. The van der Waals surface area contributed by atoms with Crippen molar-refractivity contribution < 1.29 is 4.79 Å². The van der Waals surface area contributed by atoms with Gasteiger partial charge in [0.25, 0.3) is 0 Å². The molecule has 76 valence electrons. The van der Waals surface area contributed by atoms with Crippen LogP contribution in [0, 0.1) is 5.41 Å². The standard InChI is InChI=1S/C11H21NO/c1-4-12(5-2)10(13)11(3)8-6-7-9-11/h4-9H2,1-3H3. The van der Waals surface area contributed by atoms with E-state index in [-0.39, 0.29) is 5.41 Å². The highest BCUT2D eigenvalue weighted by Gasteiger charge is 2.38. The summed E-state index contributed by atoms with van der Waals surface area (Å²) in [7, 11) is 0. The van der Waals surface area contributed by atoms with E-state index in [0.717, 1.165) is 25.9 Å². The molecule has 1 saturated carbocycles. The number of amides is 1. The normalized spacial score (nSPS) is 20.2. The number of hydrogen-bond donors (Lipinski definition) is 0. The van der Waals surface area contributed by atoms with Crippen molar-refractivity contribution in [2.75, 3.05) is 13.1 Å². The quantitative estimate of drug-likeness (QED) is 0.658. The fourth-order valence-electron chi connectivity index (χ4n) is 2.26. The van der Waals surface area contributed by atoms with Crippen LogP contribution < -0.4 is 0 Å². The smallest absolute Gasteiger partial charge is 0.228 e. The second-order valence-corrected chi connectivity index (χ2v) is 4.25. The van der Waals surface area contributed by atoms with Crippen LogP contribution in [0.25, 0.3) is 0 Å². The van der Waals surface area contributed by atoms with Crippen molar-refractivity contribution >= 4 is 5.91 Å². The lowest BCUT2D eigenvalue weighted by Gasteiger charge is -2.30. The first-order valence-corrected chi connectivity index (χ1v) is 5.43. The SMILES string of the molecule is CCN(CC)C(=O)C1(C)CCCC1. The van der Waals surface area contributed by atoms with Crippen LogP contribution in [0.5, 0.6) is 0 Å². The van der Waals surface area contributed by atoms with Crippen molar-refractivity contribution in [1.82, 2.24) is 4.90 Å². The minimum Gasteiger partial charge on any atom is -0.343 e. The number of nitrogens with zero attached hydrogens (tertiary/aromatic N) is 1. The van der Waals surface area contributed by atoms with Gasteiger partial charge in [-0.3, -0.25) is 4.79 Å². The Labute approximate surface area is 81.3 Å². The van der Waals surface area contributed by atoms with E-state index in [1.165, 1.54) is 12.8 Å². The average molecular weight is 183 g/mol. The molecule has 0 spiro atoms. The Morgan fingerprint density at radius 1 is 1.23 bits per heavy atom. The summed E-state index contributed by atoms with van der Waals surface area (Å²) in [5.74, 6) is 0.370. The maximum absolute atomic E-state index is 12.1. The first-order chi connectivity index (χ1) is 6.14. The Balaban J connectivity index is 2.64. The van der Waals surface area contributed by atoms with Gasteiger partial charge in [-0.25, -0.2) is 0 Å². The second-order valence-electron chi connectivity index (χ2n) is 4.25. The molecule has 0 unspecified atom stereocenters. The Morgan fingerprint density at radius 3 is 2.08 bits per heavy atom. The van der Waals surface area contributed by atoms with Crippen LogP contribution >= 0.6 is 0 Å². The molecule has 0 saturated heterocycles. The predicted molar refractivity (Wildman–Crippen MR) is 54.5 cm³/mol. The van der Waals surface area contributed by atoms with E-state index in [2.05, 4.69) is 20.8 Å². The Morgan fingerprint density at radius 2 is 1.69 bits per heavy atom. The summed E-state index contributed by atoms with van der Waals surface area (Å²) in [6.07, 6.45) is 4.62. The first kappa shape index (κ1) is 10.6. The molecule has 1 aliphatic carbocycles. The molecule has 1 rings (SSSR count). The van der Waals surface area contributed by atoms with Crippen LogP contribution in [-0.2, 0) is 4.79 Å². The minimum absolute atomic E-state index is 0.0357. The highest BCUT2D eigenvalue weighted by molar-refractivity contribution is 5.82. The van der Waals surface area contributed by atoms with E-state index >= 15 is 0 Å². The lowest BCUT2D eigenvalue weighted by molar-refractivity contribution is -0.140. The topological polar surface area (TPSA) is 20.3 Å². The van der Waals surface area contributed by atoms with Gasteiger partial charge in [-0.1, -0.05) is 19.8 Å². The Kier molecular flexibility index (Phi) is 3.34. The molecule has 0 aromatic rings. The fourth-order valence-corrected chi connectivity index (χ4v) is 2.26. The summed E-state index contributed by atoms with van der Waals surface area (Å²) in [4.78, 5) is 14.0. The van der Waals surface area contributed by atoms with Crippen molar-refractivity contribution in [3.8, 4) is 0 Å². The minimum atomic E-state index is -0.0357. The number of carbonyl (C=O) groups is 1. The molecular formula is C11H21NO. The van der Waals surface area contributed by atoms with E-state index in [4.69, 9.17) is 0 Å². The molecule has 2 nitrogen and oxygen atoms in total. The van der Waals surface area contributed by atoms with Crippen LogP contribution in [0.2, 0.25) is 0 Å². The highest BCUT2D eigenvalue weighted by atomic mass is 16.2. The van der Waals surface area contributed by atoms with Gasteiger partial charge in [0.1, 0.15) is 0 Å². The van der Waals surface area contributed by atoms with Gasteiger partial charge in [0, 0.05) is 18.5 Å². The molecule has 0 aromatic carbocycles. The van der Waals surface area contributed by atoms with Crippen LogP contribution in [0.1, 0.15) is 46.5 Å². The zero-order valence-corrected chi connectivity index (χ0v) is 9.10. The van der Waals surface area contributed by atoms with Crippen molar-refractivity contribution in [2.45, 2.75) is 46.5 Å². The van der Waals surface area contributed by atoms with E-state index < -0.39 is 0 Å². The molecule has 0 aliphatic heterocycles. The maximum Gasteiger partial charge on any atom is 0.228 e. The van der Waals surface area contributed by atoms with E-state index in [9.17, 15) is 4.79 Å². The first-order valence-electron chi connectivity index (χ1n) is 5.43. The second kappa shape index (κ2) is 4.12. The molecule has 13 heavy (non-hydrogen) atoms. The highest BCUT2D eigenvalue weighted by Crippen LogP contribution is 2.38. The van der Waals surface area contributed by atoms with Gasteiger partial charge in [0.2, 0.25) is 5.91 Å². The van der Waals surface area contributed by atoms with Crippen LogP contribution in [0.3, 0.4) is 0 Å². The average Bonchev–Trinajstić information content (AvgIpc) is 2.55. The van der Waals surface area contributed by atoms with Crippen LogP contribution in [-0.4, -0.2) is 23.9 Å². The third-order valence-corrected chi connectivity index (χ3v) is 3.27. The third kappa shape index (κ3) is 2.04. The molecule has 1 fully saturated rings. The van der Waals surface area contributed by atoms with Gasteiger partial charge in [0.05, 0.1) is 0 Å². The molecule has 0 bridgehead atoms. The lowest BCUT2D eigenvalue weighted by Crippen LogP contribution is -2.40. The van der Waals surface area contributed by atoms with Gasteiger partial charge in [-0.15, -0.1) is 0 Å². The van der Waals surface area contributed by atoms with Crippen LogP contribution in [0.15, 0.2) is 0 Å². The molecule has 2 heteroatoms. The van der Waals surface area contributed by atoms with Crippen molar-refractivity contribution in [1.29, 1.82) is 0 Å². The third-order valence-electron chi connectivity index (χ3n) is 3.27. The molecule has 0 N–H and O–H groups in total. The van der Waals surface area contributed by atoms with Crippen molar-refractivity contribution in [3.63, 3.8) is 0 Å².